The lowest BCUT2D eigenvalue weighted by atomic mass is 10.2. The highest BCUT2D eigenvalue weighted by Crippen LogP contribution is 2.27. The van der Waals surface area contributed by atoms with E-state index in [0.29, 0.717) is 24.5 Å². The van der Waals surface area contributed by atoms with Crippen LogP contribution in [0.5, 0.6) is 0 Å². The fraction of sp³-hybridized carbons (Fsp3) is 0.364. The van der Waals surface area contributed by atoms with Crippen LogP contribution in [0.15, 0.2) is 12.3 Å². The van der Waals surface area contributed by atoms with Gasteiger partial charge in [-0.2, -0.15) is 0 Å². The number of primary amides is 2. The lowest BCUT2D eigenvalue weighted by Crippen LogP contribution is -2.41. The van der Waals surface area contributed by atoms with Crippen molar-refractivity contribution >= 4 is 23.3 Å². The maximum Gasteiger partial charge on any atom is 0.252 e. The molecular weight excluding hydrogens is 234 g/mol. The molecular formula is C11H15N5O2. The van der Waals surface area contributed by atoms with Gasteiger partial charge in [0.15, 0.2) is 0 Å². The molecule has 2 rings (SSSR count). The summed E-state index contributed by atoms with van der Waals surface area (Å²) in [7, 11) is 0. The maximum atomic E-state index is 11.4. The molecule has 7 nitrogen and oxygen atoms in total. The fourth-order valence-electron chi connectivity index (χ4n) is 2.20. The predicted octanol–water partition coefficient (Wildman–Crippen LogP) is -0.783. The molecule has 2 amide bonds. The summed E-state index contributed by atoms with van der Waals surface area (Å²) >= 11 is 0. The fourth-order valence-corrected chi connectivity index (χ4v) is 2.20. The number of carbonyl (C=O) groups is 2. The minimum atomic E-state index is -0.625. The summed E-state index contributed by atoms with van der Waals surface area (Å²) in [4.78, 5) is 28.6. The highest BCUT2D eigenvalue weighted by Gasteiger charge is 2.32. The van der Waals surface area contributed by atoms with Crippen molar-refractivity contribution in [3.63, 3.8) is 0 Å². The van der Waals surface area contributed by atoms with Crippen LogP contribution < -0.4 is 22.1 Å². The Hall–Kier alpha value is -2.31. The lowest BCUT2D eigenvalue weighted by molar-refractivity contribution is -0.119. The topological polar surface area (TPSA) is 128 Å². The summed E-state index contributed by atoms with van der Waals surface area (Å²) in [6.45, 7) is 0.616. The molecule has 1 fully saturated rings. The van der Waals surface area contributed by atoms with Crippen LogP contribution in [0.25, 0.3) is 0 Å². The van der Waals surface area contributed by atoms with Crippen LogP contribution in [0, 0.1) is 0 Å². The number of hydrogen-bond donors (Lipinski definition) is 3. The summed E-state index contributed by atoms with van der Waals surface area (Å²) in [6, 6.07) is 1.01. The van der Waals surface area contributed by atoms with E-state index in [1.807, 2.05) is 0 Å². The van der Waals surface area contributed by atoms with Crippen molar-refractivity contribution in [1.29, 1.82) is 0 Å². The van der Waals surface area contributed by atoms with Crippen molar-refractivity contribution in [3.8, 4) is 0 Å². The highest BCUT2D eigenvalue weighted by molar-refractivity contribution is 5.99. The average Bonchev–Trinajstić information content (AvgIpc) is 2.77. The van der Waals surface area contributed by atoms with Crippen LogP contribution >= 0.6 is 0 Å². The molecule has 1 unspecified atom stereocenters. The van der Waals surface area contributed by atoms with E-state index in [1.165, 1.54) is 12.3 Å². The number of anilines is 2. The number of nitrogens with two attached hydrogens (primary N) is 3. The highest BCUT2D eigenvalue weighted by atomic mass is 16.2. The number of aromatic nitrogens is 1. The molecule has 1 aliphatic rings. The quantitative estimate of drug-likeness (QED) is 0.647. The van der Waals surface area contributed by atoms with Crippen LogP contribution in [0.2, 0.25) is 0 Å². The van der Waals surface area contributed by atoms with Gasteiger partial charge < -0.3 is 22.1 Å². The molecule has 18 heavy (non-hydrogen) atoms. The van der Waals surface area contributed by atoms with E-state index >= 15 is 0 Å². The molecule has 2 heterocycles. The minimum Gasteiger partial charge on any atom is -0.397 e. The molecule has 0 bridgehead atoms. The van der Waals surface area contributed by atoms with Gasteiger partial charge in [-0.15, -0.1) is 0 Å². The summed E-state index contributed by atoms with van der Waals surface area (Å²) in [5.74, 6) is -0.681. The third-order valence-corrected chi connectivity index (χ3v) is 3.01. The van der Waals surface area contributed by atoms with Gasteiger partial charge in [-0.05, 0) is 18.9 Å². The zero-order chi connectivity index (χ0) is 13.3. The summed E-state index contributed by atoms with van der Waals surface area (Å²) in [5.41, 5.74) is 16.8. The molecule has 0 saturated carbocycles. The second-order valence-electron chi connectivity index (χ2n) is 4.26. The van der Waals surface area contributed by atoms with E-state index in [-0.39, 0.29) is 5.56 Å². The number of hydrogen-bond acceptors (Lipinski definition) is 5. The van der Waals surface area contributed by atoms with Crippen LogP contribution in [-0.4, -0.2) is 29.4 Å². The van der Waals surface area contributed by atoms with Gasteiger partial charge in [-0.25, -0.2) is 4.98 Å². The van der Waals surface area contributed by atoms with Crippen molar-refractivity contribution in [2.24, 2.45) is 11.5 Å². The first-order valence-corrected chi connectivity index (χ1v) is 5.62. The van der Waals surface area contributed by atoms with Crippen LogP contribution in [0.3, 0.4) is 0 Å². The molecule has 1 atom stereocenters. The number of carbonyl (C=O) groups excluding carboxylic acids is 2. The maximum absolute atomic E-state index is 11.4. The smallest absolute Gasteiger partial charge is 0.252 e. The largest absolute Gasteiger partial charge is 0.397 e. The molecule has 96 valence electrons. The number of pyridine rings is 1. The SMILES string of the molecule is NC(=O)c1cc(N)cnc1N1CCCC1C(N)=O. The molecule has 0 aromatic carbocycles. The van der Waals surface area contributed by atoms with Gasteiger partial charge in [0.05, 0.1) is 17.4 Å². The van der Waals surface area contributed by atoms with Gasteiger partial charge in [-0.3, -0.25) is 9.59 Å². The lowest BCUT2D eigenvalue weighted by Gasteiger charge is -2.24. The number of nitrogen functional groups attached to an aromatic ring is 1. The number of nitrogens with zero attached hydrogens (tertiary/aromatic N) is 2. The van der Waals surface area contributed by atoms with Crippen molar-refractivity contribution in [1.82, 2.24) is 4.98 Å². The third kappa shape index (κ3) is 2.06. The third-order valence-electron chi connectivity index (χ3n) is 3.01. The van der Waals surface area contributed by atoms with E-state index in [9.17, 15) is 9.59 Å². The molecule has 0 spiro atoms. The van der Waals surface area contributed by atoms with Crippen LogP contribution in [0.1, 0.15) is 23.2 Å². The van der Waals surface area contributed by atoms with Gasteiger partial charge in [0.1, 0.15) is 11.9 Å². The van der Waals surface area contributed by atoms with Crippen LogP contribution in [-0.2, 0) is 4.79 Å². The summed E-state index contributed by atoms with van der Waals surface area (Å²) < 4.78 is 0. The zero-order valence-electron chi connectivity index (χ0n) is 9.80. The van der Waals surface area contributed by atoms with E-state index < -0.39 is 17.9 Å². The second-order valence-corrected chi connectivity index (χ2v) is 4.26. The Labute approximate surface area is 104 Å². The standard InChI is InChI=1S/C11H15N5O2/c12-6-4-7(9(13)17)11(15-5-6)16-3-1-2-8(16)10(14)18/h4-5,8H,1-3,12H2,(H2,13,17)(H2,14,18). The predicted molar refractivity (Wildman–Crippen MR) is 66.7 cm³/mol. The van der Waals surface area contributed by atoms with Gasteiger partial charge >= 0.3 is 0 Å². The van der Waals surface area contributed by atoms with Crippen molar-refractivity contribution in [2.45, 2.75) is 18.9 Å². The van der Waals surface area contributed by atoms with E-state index in [4.69, 9.17) is 17.2 Å². The molecule has 0 radical (unpaired) electrons. The normalized spacial score (nSPS) is 18.9. The van der Waals surface area contributed by atoms with Crippen molar-refractivity contribution < 1.29 is 9.59 Å². The molecule has 1 saturated heterocycles. The van der Waals surface area contributed by atoms with Gasteiger partial charge in [-0.1, -0.05) is 0 Å². The Morgan fingerprint density at radius 2 is 2.11 bits per heavy atom. The van der Waals surface area contributed by atoms with Crippen molar-refractivity contribution in [3.05, 3.63) is 17.8 Å². The summed E-state index contributed by atoms with van der Waals surface area (Å²) in [6.07, 6.45) is 2.90. The number of rotatable bonds is 3. The van der Waals surface area contributed by atoms with Gasteiger partial charge in [0, 0.05) is 6.54 Å². The molecule has 1 aromatic rings. The average molecular weight is 249 g/mol. The van der Waals surface area contributed by atoms with Gasteiger partial charge in [0.2, 0.25) is 5.91 Å². The van der Waals surface area contributed by atoms with Crippen LogP contribution in [0.4, 0.5) is 11.5 Å². The van der Waals surface area contributed by atoms with Crippen molar-refractivity contribution in [2.75, 3.05) is 17.2 Å². The first kappa shape index (κ1) is 12.2. The monoisotopic (exact) mass is 249 g/mol. The Morgan fingerprint density at radius 3 is 2.72 bits per heavy atom. The Bertz CT molecular complexity index is 502. The van der Waals surface area contributed by atoms with E-state index in [2.05, 4.69) is 4.98 Å². The molecule has 6 N–H and O–H groups in total. The van der Waals surface area contributed by atoms with Gasteiger partial charge in [0.25, 0.3) is 5.91 Å². The second kappa shape index (κ2) is 4.52. The Morgan fingerprint density at radius 1 is 1.39 bits per heavy atom. The molecule has 1 aromatic heterocycles. The Kier molecular flexibility index (Phi) is 3.05. The zero-order valence-corrected chi connectivity index (χ0v) is 9.80. The van der Waals surface area contributed by atoms with E-state index in [0.717, 1.165) is 6.42 Å². The molecule has 7 heteroatoms. The first-order chi connectivity index (χ1) is 8.50. The molecule has 1 aliphatic heterocycles. The summed E-state index contributed by atoms with van der Waals surface area (Å²) in [5, 5.41) is 0. The molecule has 0 aliphatic carbocycles. The minimum absolute atomic E-state index is 0.211. The first-order valence-electron chi connectivity index (χ1n) is 5.62. The number of amides is 2. The van der Waals surface area contributed by atoms with E-state index in [1.54, 1.807) is 4.90 Å². The Balaban J connectivity index is 2.44.